The van der Waals surface area contributed by atoms with Gasteiger partial charge in [0, 0.05) is 12.6 Å². The molecule has 0 bridgehead atoms. The van der Waals surface area contributed by atoms with Crippen LogP contribution < -0.4 is 10.6 Å². The van der Waals surface area contributed by atoms with Gasteiger partial charge in [-0.15, -0.1) is 0 Å². The second-order valence-electron chi connectivity index (χ2n) is 3.99. The Labute approximate surface area is 89.5 Å². The van der Waals surface area contributed by atoms with Gasteiger partial charge in [0.25, 0.3) is 5.91 Å². The molecule has 2 N–H and O–H groups in total. The molecule has 0 radical (unpaired) electrons. The average Bonchev–Trinajstić information content (AvgIpc) is 2.31. The lowest BCUT2D eigenvalue weighted by Crippen LogP contribution is -2.51. The van der Waals surface area contributed by atoms with Gasteiger partial charge in [0.2, 0.25) is 0 Å². The summed E-state index contributed by atoms with van der Waals surface area (Å²) < 4.78 is 10.5. The maximum Gasteiger partial charge on any atom is 0.251 e. The third-order valence-electron chi connectivity index (χ3n) is 2.75. The van der Waals surface area contributed by atoms with E-state index in [0.717, 1.165) is 25.9 Å². The maximum atomic E-state index is 11.7. The zero-order chi connectivity index (χ0) is 10.5. The van der Waals surface area contributed by atoms with Crippen molar-refractivity contribution in [3.63, 3.8) is 0 Å². The van der Waals surface area contributed by atoms with Crippen molar-refractivity contribution in [2.24, 2.45) is 0 Å². The Hall–Kier alpha value is -0.650. The van der Waals surface area contributed by atoms with Crippen molar-refractivity contribution >= 4 is 5.91 Å². The Morgan fingerprint density at radius 2 is 2.33 bits per heavy atom. The van der Waals surface area contributed by atoms with E-state index < -0.39 is 6.10 Å². The van der Waals surface area contributed by atoms with Crippen LogP contribution in [0.15, 0.2) is 0 Å². The molecule has 86 valence electrons. The van der Waals surface area contributed by atoms with Gasteiger partial charge in [-0.25, -0.2) is 0 Å². The number of amides is 1. The molecule has 5 heteroatoms. The summed E-state index contributed by atoms with van der Waals surface area (Å²) in [5.74, 6) is -0.0385. The second-order valence-corrected chi connectivity index (χ2v) is 3.99. The van der Waals surface area contributed by atoms with Crippen LogP contribution in [0.3, 0.4) is 0 Å². The van der Waals surface area contributed by atoms with Gasteiger partial charge in [-0.05, 0) is 19.4 Å². The molecule has 0 aromatic rings. The monoisotopic (exact) mass is 214 g/mol. The highest BCUT2D eigenvalue weighted by molar-refractivity contribution is 5.81. The normalized spacial score (nSPS) is 32.3. The Kier molecular flexibility index (Phi) is 3.94. The van der Waals surface area contributed by atoms with Gasteiger partial charge in [0.15, 0.2) is 6.10 Å². The van der Waals surface area contributed by atoms with Gasteiger partial charge in [-0.1, -0.05) is 0 Å². The van der Waals surface area contributed by atoms with E-state index in [0.29, 0.717) is 19.8 Å². The maximum absolute atomic E-state index is 11.7. The summed E-state index contributed by atoms with van der Waals surface area (Å²) in [5, 5.41) is 6.24. The number of hydrogen-bond acceptors (Lipinski definition) is 4. The van der Waals surface area contributed by atoms with Gasteiger partial charge < -0.3 is 20.1 Å². The van der Waals surface area contributed by atoms with Crippen molar-refractivity contribution in [2.45, 2.75) is 25.0 Å². The van der Waals surface area contributed by atoms with Gasteiger partial charge in [0.1, 0.15) is 0 Å². The van der Waals surface area contributed by atoms with Crippen LogP contribution in [0.5, 0.6) is 0 Å². The first-order chi connectivity index (χ1) is 7.36. The van der Waals surface area contributed by atoms with Crippen molar-refractivity contribution in [1.29, 1.82) is 0 Å². The highest BCUT2D eigenvalue weighted by atomic mass is 16.6. The highest BCUT2D eigenvalue weighted by Crippen LogP contribution is 2.04. The first-order valence-electron chi connectivity index (χ1n) is 5.57. The molecule has 2 atom stereocenters. The summed E-state index contributed by atoms with van der Waals surface area (Å²) in [6, 6.07) is 0.247. The molecule has 2 heterocycles. The van der Waals surface area contributed by atoms with Crippen molar-refractivity contribution in [3.8, 4) is 0 Å². The number of carbonyl (C=O) groups is 1. The molecule has 2 aliphatic rings. The zero-order valence-electron chi connectivity index (χ0n) is 8.83. The minimum absolute atomic E-state index is 0.0385. The summed E-state index contributed by atoms with van der Waals surface area (Å²) in [6.45, 7) is 3.40. The molecule has 1 unspecified atom stereocenters. The third kappa shape index (κ3) is 3.15. The first-order valence-corrected chi connectivity index (χ1v) is 5.57. The summed E-state index contributed by atoms with van der Waals surface area (Å²) in [6.07, 6.45) is 1.75. The van der Waals surface area contributed by atoms with E-state index in [1.165, 1.54) is 0 Å². The zero-order valence-corrected chi connectivity index (χ0v) is 8.83. The molecule has 0 saturated carbocycles. The molecule has 2 aliphatic heterocycles. The molecular weight excluding hydrogens is 196 g/mol. The van der Waals surface area contributed by atoms with Gasteiger partial charge in [0.05, 0.1) is 19.8 Å². The third-order valence-corrected chi connectivity index (χ3v) is 2.75. The predicted octanol–water partition coefficient (Wildman–Crippen LogP) is -0.730. The van der Waals surface area contributed by atoms with Gasteiger partial charge in [-0.2, -0.15) is 0 Å². The fourth-order valence-corrected chi connectivity index (χ4v) is 1.91. The average molecular weight is 214 g/mol. The van der Waals surface area contributed by atoms with E-state index in [2.05, 4.69) is 10.6 Å². The summed E-state index contributed by atoms with van der Waals surface area (Å²) in [5.41, 5.74) is 0. The lowest BCUT2D eigenvalue weighted by atomic mass is 10.1. The van der Waals surface area contributed by atoms with Gasteiger partial charge in [-0.3, -0.25) is 4.79 Å². The molecule has 15 heavy (non-hydrogen) atoms. The van der Waals surface area contributed by atoms with Gasteiger partial charge >= 0.3 is 0 Å². The molecular formula is C10H18N2O3. The van der Waals surface area contributed by atoms with Crippen LogP contribution in [-0.4, -0.2) is 51.0 Å². The molecule has 2 rings (SSSR count). The fourth-order valence-electron chi connectivity index (χ4n) is 1.91. The number of rotatable bonds is 2. The molecule has 0 aromatic heterocycles. The van der Waals surface area contributed by atoms with E-state index in [-0.39, 0.29) is 11.9 Å². The topological polar surface area (TPSA) is 59.6 Å². The minimum atomic E-state index is -0.416. The van der Waals surface area contributed by atoms with E-state index in [9.17, 15) is 4.79 Å². The van der Waals surface area contributed by atoms with Crippen LogP contribution in [0.2, 0.25) is 0 Å². The Morgan fingerprint density at radius 1 is 1.40 bits per heavy atom. The lowest BCUT2D eigenvalue weighted by molar-refractivity contribution is -0.148. The summed E-state index contributed by atoms with van der Waals surface area (Å²) in [4.78, 5) is 11.7. The molecule has 5 nitrogen and oxygen atoms in total. The van der Waals surface area contributed by atoms with Crippen LogP contribution in [0, 0.1) is 0 Å². The fraction of sp³-hybridized carbons (Fsp3) is 0.900. The standard InChI is InChI=1S/C10H18N2O3/c13-10(9-7-14-4-5-15-9)12-8-2-1-3-11-6-8/h8-9,11H,1-7H2,(H,12,13)/t8-,9?/m1/s1. The number of carbonyl (C=O) groups excluding carboxylic acids is 1. The Bertz CT molecular complexity index is 211. The number of hydrogen-bond donors (Lipinski definition) is 2. The Balaban J connectivity index is 1.74. The van der Waals surface area contributed by atoms with Crippen molar-refractivity contribution in [1.82, 2.24) is 10.6 Å². The van der Waals surface area contributed by atoms with Crippen molar-refractivity contribution in [2.75, 3.05) is 32.9 Å². The molecule has 0 aliphatic carbocycles. The number of ether oxygens (including phenoxy) is 2. The molecule has 0 spiro atoms. The molecule has 2 fully saturated rings. The van der Waals surface area contributed by atoms with E-state index in [1.54, 1.807) is 0 Å². The predicted molar refractivity (Wildman–Crippen MR) is 54.6 cm³/mol. The minimum Gasteiger partial charge on any atom is -0.376 e. The largest absolute Gasteiger partial charge is 0.376 e. The van der Waals surface area contributed by atoms with Crippen molar-refractivity contribution < 1.29 is 14.3 Å². The Morgan fingerprint density at radius 3 is 3.00 bits per heavy atom. The molecule has 1 amide bonds. The van der Waals surface area contributed by atoms with E-state index in [1.807, 2.05) is 0 Å². The summed E-state index contributed by atoms with van der Waals surface area (Å²) in [7, 11) is 0. The van der Waals surface area contributed by atoms with Crippen LogP contribution in [0.4, 0.5) is 0 Å². The van der Waals surface area contributed by atoms with Crippen LogP contribution in [0.25, 0.3) is 0 Å². The smallest absolute Gasteiger partial charge is 0.251 e. The molecule has 0 aromatic carbocycles. The first kappa shape index (κ1) is 10.9. The lowest BCUT2D eigenvalue weighted by Gasteiger charge is -2.27. The molecule has 2 saturated heterocycles. The van der Waals surface area contributed by atoms with Crippen LogP contribution >= 0.6 is 0 Å². The quantitative estimate of drug-likeness (QED) is 0.636. The van der Waals surface area contributed by atoms with Crippen molar-refractivity contribution in [3.05, 3.63) is 0 Å². The summed E-state index contributed by atoms with van der Waals surface area (Å²) >= 11 is 0. The SMILES string of the molecule is O=C(N[C@@H]1CCCNC1)C1COCCO1. The highest BCUT2D eigenvalue weighted by Gasteiger charge is 2.25. The van der Waals surface area contributed by atoms with E-state index in [4.69, 9.17) is 9.47 Å². The van der Waals surface area contributed by atoms with E-state index >= 15 is 0 Å². The van der Waals surface area contributed by atoms with Crippen LogP contribution in [-0.2, 0) is 14.3 Å². The second kappa shape index (κ2) is 5.44. The van der Waals surface area contributed by atoms with Crippen LogP contribution in [0.1, 0.15) is 12.8 Å². The number of nitrogens with one attached hydrogen (secondary N) is 2. The number of piperidine rings is 1.